The maximum absolute atomic E-state index is 11.6. The third kappa shape index (κ3) is 5.46. The van der Waals surface area contributed by atoms with E-state index in [1.165, 1.54) is 12.1 Å². The molecule has 6 heteroatoms. The number of esters is 1. The number of aromatic hydroxyl groups is 2. The fraction of sp³-hybridized carbons (Fsp3) is 0.500. The molecule has 0 spiro atoms. The first-order valence-corrected chi connectivity index (χ1v) is 6.55. The number of carbonyl (C=O) groups excluding carboxylic acids is 1. The molecule has 0 heterocycles. The van der Waals surface area contributed by atoms with Gasteiger partial charge in [-0.25, -0.2) is 0 Å². The van der Waals surface area contributed by atoms with Gasteiger partial charge >= 0.3 is 5.97 Å². The molecule has 0 saturated carbocycles. The van der Waals surface area contributed by atoms with Gasteiger partial charge in [0.1, 0.15) is 12.6 Å². The zero-order chi connectivity index (χ0) is 15.0. The summed E-state index contributed by atoms with van der Waals surface area (Å²) in [5.41, 5.74) is 6.36. The molecular formula is C14H21NO5. The molecule has 0 aromatic heterocycles. The quantitative estimate of drug-likeness (QED) is 0.373. The summed E-state index contributed by atoms with van der Waals surface area (Å²) in [6, 6.07) is 3.49. The van der Waals surface area contributed by atoms with Gasteiger partial charge in [0.25, 0.3) is 0 Å². The van der Waals surface area contributed by atoms with Crippen molar-refractivity contribution in [2.45, 2.75) is 25.8 Å². The second kappa shape index (κ2) is 8.39. The smallest absolute Gasteiger partial charge is 0.323 e. The van der Waals surface area contributed by atoms with Crippen molar-refractivity contribution in [1.82, 2.24) is 0 Å². The van der Waals surface area contributed by atoms with E-state index in [0.717, 1.165) is 6.42 Å². The normalized spacial score (nSPS) is 12.1. The van der Waals surface area contributed by atoms with Gasteiger partial charge in [0, 0.05) is 6.61 Å². The Kier molecular flexibility index (Phi) is 6.83. The minimum absolute atomic E-state index is 0.174. The molecule has 6 nitrogen and oxygen atoms in total. The summed E-state index contributed by atoms with van der Waals surface area (Å²) in [5, 5.41) is 18.5. The van der Waals surface area contributed by atoms with Gasteiger partial charge in [-0.3, -0.25) is 4.79 Å². The van der Waals surface area contributed by atoms with Crippen molar-refractivity contribution in [2.75, 3.05) is 19.8 Å². The van der Waals surface area contributed by atoms with Gasteiger partial charge in [0.05, 0.1) is 6.61 Å². The number of rotatable bonds is 8. The van der Waals surface area contributed by atoms with Gasteiger partial charge in [0.2, 0.25) is 0 Å². The number of nitrogens with two attached hydrogens (primary N) is 1. The highest BCUT2D eigenvalue weighted by Crippen LogP contribution is 2.25. The molecule has 1 aromatic rings. The van der Waals surface area contributed by atoms with E-state index in [1.807, 2.05) is 6.92 Å². The molecule has 0 radical (unpaired) electrons. The van der Waals surface area contributed by atoms with Gasteiger partial charge in [-0.2, -0.15) is 0 Å². The zero-order valence-corrected chi connectivity index (χ0v) is 11.5. The molecule has 112 valence electrons. The van der Waals surface area contributed by atoms with Gasteiger partial charge in [-0.05, 0) is 30.5 Å². The predicted octanol–water partition coefficient (Wildman–Crippen LogP) is 0.937. The summed E-state index contributed by atoms with van der Waals surface area (Å²) < 4.78 is 10.2. The fourth-order valence-electron chi connectivity index (χ4n) is 1.59. The van der Waals surface area contributed by atoms with Crippen molar-refractivity contribution in [2.24, 2.45) is 5.73 Å². The van der Waals surface area contributed by atoms with Crippen LogP contribution in [0.2, 0.25) is 0 Å². The van der Waals surface area contributed by atoms with Gasteiger partial charge in [0.15, 0.2) is 11.5 Å². The molecule has 4 N–H and O–H groups in total. The molecule has 0 fully saturated rings. The first-order chi connectivity index (χ1) is 9.54. The Labute approximate surface area is 118 Å². The average Bonchev–Trinajstić information content (AvgIpc) is 2.42. The largest absolute Gasteiger partial charge is 0.504 e. The van der Waals surface area contributed by atoms with Crippen molar-refractivity contribution >= 4 is 5.97 Å². The van der Waals surface area contributed by atoms with E-state index < -0.39 is 12.0 Å². The predicted molar refractivity (Wildman–Crippen MR) is 73.5 cm³/mol. The van der Waals surface area contributed by atoms with Crippen LogP contribution in [0.25, 0.3) is 0 Å². The minimum Gasteiger partial charge on any atom is -0.504 e. The number of hydrogen-bond donors (Lipinski definition) is 3. The minimum atomic E-state index is -0.815. The number of carbonyl (C=O) groups is 1. The Bertz CT molecular complexity index is 436. The average molecular weight is 283 g/mol. The van der Waals surface area contributed by atoms with Crippen LogP contribution in [0, 0.1) is 0 Å². The van der Waals surface area contributed by atoms with Crippen molar-refractivity contribution in [3.63, 3.8) is 0 Å². The highest BCUT2D eigenvalue weighted by Gasteiger charge is 2.16. The summed E-state index contributed by atoms with van der Waals surface area (Å²) in [6.07, 6.45) is 1.14. The Balaban J connectivity index is 2.35. The van der Waals surface area contributed by atoms with E-state index in [1.54, 1.807) is 6.07 Å². The molecule has 1 aromatic carbocycles. The second-order valence-corrected chi connectivity index (χ2v) is 4.41. The standard InChI is InChI=1S/C14H21NO5/c1-2-5-19-6-7-20-14(18)11(15)8-10-3-4-12(16)13(17)9-10/h3-4,9,11,16-17H,2,5-8,15H2,1H3. The first kappa shape index (κ1) is 16.3. The third-order valence-corrected chi connectivity index (χ3v) is 2.62. The lowest BCUT2D eigenvalue weighted by atomic mass is 10.1. The first-order valence-electron chi connectivity index (χ1n) is 6.55. The van der Waals surface area contributed by atoms with Crippen LogP contribution in [-0.2, 0) is 20.7 Å². The Morgan fingerprint density at radius 1 is 1.25 bits per heavy atom. The van der Waals surface area contributed by atoms with Crippen LogP contribution < -0.4 is 5.73 Å². The SMILES string of the molecule is CCCOCCOC(=O)C(N)Cc1ccc(O)c(O)c1. The maximum atomic E-state index is 11.6. The van der Waals surface area contributed by atoms with Crippen molar-refractivity contribution in [3.05, 3.63) is 23.8 Å². The molecule has 0 aliphatic heterocycles. The van der Waals surface area contributed by atoms with Gasteiger partial charge in [-0.1, -0.05) is 13.0 Å². The molecule has 0 aliphatic carbocycles. The summed E-state index contributed by atoms with van der Waals surface area (Å²) in [4.78, 5) is 11.6. The lowest BCUT2D eigenvalue weighted by Crippen LogP contribution is -2.35. The van der Waals surface area contributed by atoms with E-state index in [2.05, 4.69) is 0 Å². The van der Waals surface area contributed by atoms with Gasteiger partial charge in [-0.15, -0.1) is 0 Å². The molecule has 0 aliphatic rings. The molecule has 1 atom stereocenters. The highest BCUT2D eigenvalue weighted by molar-refractivity contribution is 5.75. The highest BCUT2D eigenvalue weighted by atomic mass is 16.6. The van der Waals surface area contributed by atoms with E-state index in [-0.39, 0.29) is 24.5 Å². The number of ether oxygens (including phenoxy) is 2. The number of benzene rings is 1. The van der Waals surface area contributed by atoms with E-state index in [4.69, 9.17) is 15.2 Å². The van der Waals surface area contributed by atoms with Crippen LogP contribution in [-0.4, -0.2) is 42.0 Å². The summed E-state index contributed by atoms with van der Waals surface area (Å²) >= 11 is 0. The van der Waals surface area contributed by atoms with Crippen LogP contribution in [0.3, 0.4) is 0 Å². The fourth-order valence-corrected chi connectivity index (χ4v) is 1.59. The van der Waals surface area contributed by atoms with Crippen molar-refractivity contribution in [1.29, 1.82) is 0 Å². The van der Waals surface area contributed by atoms with E-state index >= 15 is 0 Å². The Hall–Kier alpha value is -1.79. The molecular weight excluding hydrogens is 262 g/mol. The van der Waals surface area contributed by atoms with Crippen molar-refractivity contribution < 1.29 is 24.5 Å². The molecule has 0 saturated heterocycles. The van der Waals surface area contributed by atoms with E-state index in [0.29, 0.717) is 18.8 Å². The summed E-state index contributed by atoms with van der Waals surface area (Å²) in [7, 11) is 0. The molecule has 0 bridgehead atoms. The van der Waals surface area contributed by atoms with Crippen LogP contribution in [0.5, 0.6) is 11.5 Å². The van der Waals surface area contributed by atoms with Crippen LogP contribution >= 0.6 is 0 Å². The number of phenolic OH excluding ortho intramolecular Hbond substituents is 2. The second-order valence-electron chi connectivity index (χ2n) is 4.41. The molecule has 1 rings (SSSR count). The lowest BCUT2D eigenvalue weighted by molar-refractivity contribution is -0.146. The van der Waals surface area contributed by atoms with E-state index in [9.17, 15) is 15.0 Å². The molecule has 1 unspecified atom stereocenters. The zero-order valence-electron chi connectivity index (χ0n) is 11.5. The van der Waals surface area contributed by atoms with Gasteiger partial charge < -0.3 is 25.4 Å². The van der Waals surface area contributed by atoms with Crippen LogP contribution in [0.4, 0.5) is 0 Å². The topological polar surface area (TPSA) is 102 Å². The summed E-state index contributed by atoms with van der Waals surface area (Å²) in [5.74, 6) is -0.966. The van der Waals surface area contributed by atoms with Crippen LogP contribution in [0.1, 0.15) is 18.9 Å². The lowest BCUT2D eigenvalue weighted by Gasteiger charge is -2.12. The number of hydrogen-bond acceptors (Lipinski definition) is 6. The monoisotopic (exact) mass is 283 g/mol. The number of phenols is 2. The Morgan fingerprint density at radius 2 is 2.00 bits per heavy atom. The third-order valence-electron chi connectivity index (χ3n) is 2.62. The summed E-state index contributed by atoms with van der Waals surface area (Å²) in [6.45, 7) is 3.16. The van der Waals surface area contributed by atoms with Crippen molar-refractivity contribution in [3.8, 4) is 11.5 Å². The maximum Gasteiger partial charge on any atom is 0.323 e. The van der Waals surface area contributed by atoms with Crippen LogP contribution in [0.15, 0.2) is 18.2 Å². The molecule has 20 heavy (non-hydrogen) atoms. The Morgan fingerprint density at radius 3 is 2.65 bits per heavy atom. The molecule has 0 amide bonds.